The van der Waals surface area contributed by atoms with E-state index in [9.17, 15) is 9.59 Å². The van der Waals surface area contributed by atoms with Gasteiger partial charge in [-0.2, -0.15) is 0 Å². The summed E-state index contributed by atoms with van der Waals surface area (Å²) in [4.78, 5) is 26.2. The van der Waals surface area contributed by atoms with Crippen molar-refractivity contribution in [3.05, 3.63) is 94.6 Å². The van der Waals surface area contributed by atoms with E-state index < -0.39 is 5.97 Å². The Bertz CT molecular complexity index is 1270. The van der Waals surface area contributed by atoms with Gasteiger partial charge < -0.3 is 10.4 Å². The maximum atomic E-state index is 12.9. The van der Waals surface area contributed by atoms with Gasteiger partial charge >= 0.3 is 5.97 Å². The minimum atomic E-state index is -0.790. The van der Waals surface area contributed by atoms with Crippen molar-refractivity contribution in [2.24, 2.45) is 0 Å². The second-order valence-electron chi connectivity index (χ2n) is 9.82. The van der Waals surface area contributed by atoms with Gasteiger partial charge in [-0.25, -0.2) is 0 Å². The number of carbonyl (C=O) groups is 2. The number of nitrogens with one attached hydrogen (secondary N) is 1. The molecule has 5 nitrogen and oxygen atoms in total. The Balaban J connectivity index is 1.20. The molecule has 0 spiro atoms. The van der Waals surface area contributed by atoms with Crippen molar-refractivity contribution in [2.75, 3.05) is 25.0 Å². The molecule has 3 aromatic rings. The minimum absolute atomic E-state index is 0.119. The lowest BCUT2D eigenvalue weighted by atomic mass is 9.91. The average Bonchev–Trinajstić information content (AvgIpc) is 3.41. The van der Waals surface area contributed by atoms with Crippen molar-refractivity contribution in [1.29, 1.82) is 0 Å². The number of carbonyl (C=O) groups excluding carboxylic acids is 1. The number of aryl methyl sites for hydroxylation is 2. The van der Waals surface area contributed by atoms with Crippen molar-refractivity contribution < 1.29 is 14.7 Å². The Morgan fingerprint density at radius 2 is 1.56 bits per heavy atom. The molecule has 0 radical (unpaired) electrons. The number of hydrogen-bond donors (Lipinski definition) is 2. The van der Waals surface area contributed by atoms with Crippen LogP contribution in [0, 0.1) is 0 Å². The molecular formula is C31H32N2O3. The van der Waals surface area contributed by atoms with E-state index in [2.05, 4.69) is 28.4 Å². The van der Waals surface area contributed by atoms with Crippen LogP contribution in [0.5, 0.6) is 0 Å². The molecule has 1 heterocycles. The van der Waals surface area contributed by atoms with Crippen LogP contribution in [-0.2, 0) is 17.6 Å². The molecule has 184 valence electrons. The highest BCUT2D eigenvalue weighted by atomic mass is 16.4. The molecule has 5 rings (SSSR count). The first kappa shape index (κ1) is 24.0. The number of rotatable bonds is 8. The van der Waals surface area contributed by atoms with Crippen LogP contribution in [0.1, 0.15) is 52.7 Å². The number of carboxylic acid groups (broad SMARTS) is 1. The zero-order valence-corrected chi connectivity index (χ0v) is 20.5. The van der Waals surface area contributed by atoms with Gasteiger partial charge in [0.2, 0.25) is 0 Å². The SMILES string of the molecule is O=C(O)CCc1ccc(-c2ccc(C(=O)Nc3ccc4c(c3)CCC(CN3CCCC3)=C4)cc2)cc1. The molecule has 0 unspecified atom stereocenters. The first-order valence-electron chi connectivity index (χ1n) is 12.8. The average molecular weight is 481 g/mol. The first-order valence-corrected chi connectivity index (χ1v) is 12.8. The van der Waals surface area contributed by atoms with Crippen LogP contribution >= 0.6 is 0 Å². The maximum Gasteiger partial charge on any atom is 0.303 e. The zero-order chi connectivity index (χ0) is 24.9. The second-order valence-corrected chi connectivity index (χ2v) is 9.82. The lowest BCUT2D eigenvalue weighted by Gasteiger charge is -2.22. The van der Waals surface area contributed by atoms with Crippen LogP contribution in [0.2, 0.25) is 0 Å². The van der Waals surface area contributed by atoms with Gasteiger partial charge in [0.1, 0.15) is 0 Å². The molecular weight excluding hydrogens is 448 g/mol. The van der Waals surface area contributed by atoms with E-state index in [0.29, 0.717) is 12.0 Å². The summed E-state index contributed by atoms with van der Waals surface area (Å²) in [5.41, 5.74) is 8.57. The Hall–Kier alpha value is -3.70. The molecule has 1 aliphatic heterocycles. The molecule has 5 heteroatoms. The highest BCUT2D eigenvalue weighted by Crippen LogP contribution is 2.28. The topological polar surface area (TPSA) is 69.6 Å². The second kappa shape index (κ2) is 10.9. The summed E-state index contributed by atoms with van der Waals surface area (Å²) >= 11 is 0. The van der Waals surface area contributed by atoms with E-state index >= 15 is 0 Å². The molecule has 0 aromatic heterocycles. The quantitative estimate of drug-likeness (QED) is 0.412. The van der Waals surface area contributed by atoms with E-state index in [1.165, 1.54) is 42.6 Å². The largest absolute Gasteiger partial charge is 0.481 e. The summed E-state index contributed by atoms with van der Waals surface area (Å²) in [6.07, 6.45) is 7.72. The standard InChI is InChI=1S/C31H32N2O3/c34-30(35)16-6-22-3-7-24(8-4-22)25-10-12-26(13-11-25)31(36)32-29-15-14-27-19-23(5-9-28(27)20-29)21-33-17-1-2-18-33/h3-4,7-8,10-15,19-20H,1-2,5-6,9,16-18,21H2,(H,32,36)(H,34,35). The van der Waals surface area contributed by atoms with Crippen molar-refractivity contribution in [1.82, 2.24) is 4.90 Å². The van der Waals surface area contributed by atoms with E-state index in [1.807, 2.05) is 54.6 Å². The van der Waals surface area contributed by atoms with Gasteiger partial charge in [0, 0.05) is 24.2 Å². The lowest BCUT2D eigenvalue weighted by molar-refractivity contribution is -0.136. The molecule has 1 amide bonds. The number of fused-ring (bicyclic) bond motifs is 1. The number of benzene rings is 3. The van der Waals surface area contributed by atoms with Gasteiger partial charge in [-0.3, -0.25) is 14.5 Å². The number of likely N-dealkylation sites (tertiary alicyclic amines) is 1. The normalized spacial score (nSPS) is 15.3. The first-order chi connectivity index (χ1) is 17.5. The summed E-state index contributed by atoms with van der Waals surface area (Å²) in [7, 11) is 0. The minimum Gasteiger partial charge on any atom is -0.481 e. The fourth-order valence-corrected chi connectivity index (χ4v) is 5.11. The third-order valence-corrected chi connectivity index (χ3v) is 7.16. The highest BCUT2D eigenvalue weighted by molar-refractivity contribution is 6.04. The smallest absolute Gasteiger partial charge is 0.303 e. The summed E-state index contributed by atoms with van der Waals surface area (Å²) in [6.45, 7) is 3.52. The molecule has 1 aliphatic carbocycles. The van der Waals surface area contributed by atoms with Crippen molar-refractivity contribution >= 4 is 23.6 Å². The number of amides is 1. The van der Waals surface area contributed by atoms with Crippen LogP contribution in [-0.4, -0.2) is 41.5 Å². The van der Waals surface area contributed by atoms with E-state index in [1.54, 1.807) is 0 Å². The Kier molecular flexibility index (Phi) is 7.28. The summed E-state index contributed by atoms with van der Waals surface area (Å²) in [5, 5.41) is 11.9. The van der Waals surface area contributed by atoms with E-state index in [-0.39, 0.29) is 12.3 Å². The van der Waals surface area contributed by atoms with Gasteiger partial charge in [0.15, 0.2) is 0 Å². The van der Waals surface area contributed by atoms with Crippen molar-refractivity contribution in [3.63, 3.8) is 0 Å². The summed E-state index contributed by atoms with van der Waals surface area (Å²) in [5.74, 6) is -0.909. The monoisotopic (exact) mass is 480 g/mol. The third kappa shape index (κ3) is 5.92. The van der Waals surface area contributed by atoms with Gasteiger partial charge in [0.25, 0.3) is 5.91 Å². The summed E-state index contributed by atoms with van der Waals surface area (Å²) in [6, 6.07) is 21.7. The zero-order valence-electron chi connectivity index (χ0n) is 20.5. The molecule has 1 saturated heterocycles. The number of nitrogens with zero attached hydrogens (tertiary/aromatic N) is 1. The molecule has 1 fully saturated rings. The van der Waals surface area contributed by atoms with Crippen LogP contribution in [0.25, 0.3) is 17.2 Å². The Morgan fingerprint density at radius 3 is 2.25 bits per heavy atom. The van der Waals surface area contributed by atoms with Gasteiger partial charge in [-0.05, 0) is 97.3 Å². The summed E-state index contributed by atoms with van der Waals surface area (Å²) < 4.78 is 0. The molecule has 36 heavy (non-hydrogen) atoms. The molecule has 0 atom stereocenters. The Labute approximate surface area is 212 Å². The maximum absolute atomic E-state index is 12.9. The number of carboxylic acids is 1. The fourth-order valence-electron chi connectivity index (χ4n) is 5.11. The lowest BCUT2D eigenvalue weighted by Crippen LogP contribution is -2.23. The fraction of sp³-hybridized carbons (Fsp3) is 0.290. The van der Waals surface area contributed by atoms with Crippen LogP contribution in [0.15, 0.2) is 72.3 Å². The van der Waals surface area contributed by atoms with Gasteiger partial charge in [-0.15, -0.1) is 0 Å². The molecule has 0 bridgehead atoms. The van der Waals surface area contributed by atoms with Crippen LogP contribution < -0.4 is 5.32 Å². The molecule has 3 aromatic carbocycles. The van der Waals surface area contributed by atoms with Crippen molar-refractivity contribution in [2.45, 2.75) is 38.5 Å². The predicted molar refractivity (Wildman–Crippen MR) is 144 cm³/mol. The van der Waals surface area contributed by atoms with Gasteiger partial charge in [-0.1, -0.05) is 54.1 Å². The number of anilines is 1. The van der Waals surface area contributed by atoms with Crippen LogP contribution in [0.3, 0.4) is 0 Å². The number of aliphatic carboxylic acids is 1. The third-order valence-electron chi connectivity index (χ3n) is 7.16. The highest BCUT2D eigenvalue weighted by Gasteiger charge is 2.17. The Morgan fingerprint density at radius 1 is 0.861 bits per heavy atom. The molecule has 2 N–H and O–H groups in total. The van der Waals surface area contributed by atoms with Gasteiger partial charge in [0.05, 0.1) is 0 Å². The predicted octanol–water partition coefficient (Wildman–Crippen LogP) is 6.05. The van der Waals surface area contributed by atoms with E-state index in [0.717, 1.165) is 41.8 Å². The van der Waals surface area contributed by atoms with E-state index in [4.69, 9.17) is 5.11 Å². The number of hydrogen-bond acceptors (Lipinski definition) is 3. The van der Waals surface area contributed by atoms with Crippen LogP contribution in [0.4, 0.5) is 5.69 Å². The molecule has 0 saturated carbocycles. The van der Waals surface area contributed by atoms with Crippen molar-refractivity contribution in [3.8, 4) is 11.1 Å². The molecule has 2 aliphatic rings.